The van der Waals surface area contributed by atoms with Crippen LogP contribution in [0.5, 0.6) is 5.75 Å². The van der Waals surface area contributed by atoms with Gasteiger partial charge >= 0.3 is 0 Å². The highest BCUT2D eigenvalue weighted by Crippen LogP contribution is 2.51. The van der Waals surface area contributed by atoms with Crippen molar-refractivity contribution in [2.75, 3.05) is 12.0 Å². The summed E-state index contributed by atoms with van der Waals surface area (Å²) in [6, 6.07) is 25.1. The normalized spacial score (nSPS) is 18.8. The number of benzene rings is 3. The van der Waals surface area contributed by atoms with Crippen LogP contribution in [-0.2, 0) is 11.3 Å². The van der Waals surface area contributed by atoms with E-state index in [9.17, 15) is 9.59 Å². The molecule has 1 N–H and O–H groups in total. The largest absolute Gasteiger partial charge is 0.496 e. The Labute approximate surface area is 194 Å². The summed E-state index contributed by atoms with van der Waals surface area (Å²) in [5, 5.41) is 3.17. The molecule has 0 radical (unpaired) electrons. The van der Waals surface area contributed by atoms with Gasteiger partial charge in [-0.2, -0.15) is 0 Å². The highest BCUT2D eigenvalue weighted by Gasteiger charge is 2.56. The third-order valence-electron chi connectivity index (χ3n) is 7.08. The van der Waals surface area contributed by atoms with Crippen molar-refractivity contribution in [3.63, 3.8) is 0 Å². The first-order valence-corrected chi connectivity index (χ1v) is 11.5. The second-order valence-electron chi connectivity index (χ2n) is 8.84. The summed E-state index contributed by atoms with van der Waals surface area (Å²) in [5.74, 6) is 0.235. The fourth-order valence-electron chi connectivity index (χ4n) is 5.65. The summed E-state index contributed by atoms with van der Waals surface area (Å²) in [6.45, 7) is 0.372. The number of rotatable bonds is 5. The fourth-order valence-corrected chi connectivity index (χ4v) is 5.65. The van der Waals surface area contributed by atoms with E-state index in [1.807, 2.05) is 83.8 Å². The maximum atomic E-state index is 13.9. The van der Waals surface area contributed by atoms with E-state index in [1.54, 1.807) is 7.11 Å². The fraction of sp³-hybridized carbons (Fsp3) is 0.286. The average Bonchev–Trinajstić information content (AvgIpc) is 3.33. The lowest BCUT2D eigenvalue weighted by molar-refractivity contribution is -0.124. The Morgan fingerprint density at radius 3 is 2.39 bits per heavy atom. The molecule has 1 fully saturated rings. The summed E-state index contributed by atoms with van der Waals surface area (Å²) in [6.07, 6.45) is 3.59. The third-order valence-corrected chi connectivity index (χ3v) is 7.08. The molecule has 0 saturated heterocycles. The van der Waals surface area contributed by atoms with Crippen molar-refractivity contribution in [3.8, 4) is 5.75 Å². The first-order valence-electron chi connectivity index (χ1n) is 11.5. The number of amides is 2. The maximum absolute atomic E-state index is 13.9. The molecular weight excluding hydrogens is 412 g/mol. The van der Waals surface area contributed by atoms with Gasteiger partial charge in [-0.15, -0.1) is 0 Å². The minimum Gasteiger partial charge on any atom is -0.496 e. The Kier molecular flexibility index (Phi) is 5.63. The molecule has 5 rings (SSSR count). The van der Waals surface area contributed by atoms with Crippen molar-refractivity contribution >= 4 is 17.5 Å². The number of carbonyl (C=O) groups is 2. The molecule has 33 heavy (non-hydrogen) atoms. The van der Waals surface area contributed by atoms with Crippen molar-refractivity contribution in [2.24, 2.45) is 0 Å². The number of carbonyl (C=O) groups excluding carboxylic acids is 2. The molecule has 3 aromatic carbocycles. The number of hydrogen-bond acceptors (Lipinski definition) is 3. The Morgan fingerprint density at radius 1 is 0.970 bits per heavy atom. The maximum Gasteiger partial charge on any atom is 0.259 e. The van der Waals surface area contributed by atoms with Gasteiger partial charge in [0, 0.05) is 23.4 Å². The molecule has 2 amide bonds. The van der Waals surface area contributed by atoms with Crippen LogP contribution < -0.4 is 15.0 Å². The molecule has 1 aliphatic heterocycles. The zero-order chi connectivity index (χ0) is 22.8. The summed E-state index contributed by atoms with van der Waals surface area (Å²) < 4.78 is 5.46. The van der Waals surface area contributed by atoms with Crippen molar-refractivity contribution in [2.45, 2.75) is 43.7 Å². The molecule has 1 saturated carbocycles. The van der Waals surface area contributed by atoms with Crippen molar-refractivity contribution in [1.29, 1.82) is 0 Å². The molecule has 1 heterocycles. The monoisotopic (exact) mass is 440 g/mol. The van der Waals surface area contributed by atoms with Crippen molar-refractivity contribution < 1.29 is 14.3 Å². The first-order chi connectivity index (χ1) is 16.2. The van der Waals surface area contributed by atoms with Crippen LogP contribution in [0.3, 0.4) is 0 Å². The molecule has 5 heteroatoms. The van der Waals surface area contributed by atoms with E-state index in [0.717, 1.165) is 48.2 Å². The second kappa shape index (κ2) is 8.74. The summed E-state index contributed by atoms with van der Waals surface area (Å²) in [5.41, 5.74) is 2.64. The molecule has 2 aliphatic rings. The van der Waals surface area contributed by atoms with Crippen LogP contribution in [0.1, 0.15) is 53.1 Å². The molecule has 1 aliphatic carbocycles. The predicted molar refractivity (Wildman–Crippen MR) is 128 cm³/mol. The van der Waals surface area contributed by atoms with Crippen LogP contribution in [0.25, 0.3) is 0 Å². The summed E-state index contributed by atoms with van der Waals surface area (Å²) in [7, 11) is 1.63. The first kappa shape index (κ1) is 21.3. The van der Waals surface area contributed by atoms with Crippen LogP contribution in [-0.4, -0.2) is 24.5 Å². The average molecular weight is 441 g/mol. The van der Waals surface area contributed by atoms with Crippen LogP contribution in [0.2, 0.25) is 0 Å². The number of nitrogens with one attached hydrogen (secondary N) is 1. The lowest BCUT2D eigenvalue weighted by Gasteiger charge is -2.50. The Bertz CT molecular complexity index is 1170. The quantitative estimate of drug-likeness (QED) is 0.603. The van der Waals surface area contributed by atoms with Gasteiger partial charge in [-0.3, -0.25) is 9.59 Å². The van der Waals surface area contributed by atoms with E-state index < -0.39 is 11.5 Å². The SMILES string of the molecule is COc1ccccc1CNC(=O)C1c2ccccc2C(=O)N(c2ccccc2)C12CCCC2. The molecule has 0 aromatic heterocycles. The number of nitrogens with zero attached hydrogens (tertiary/aromatic N) is 1. The van der Waals surface area contributed by atoms with Gasteiger partial charge in [-0.05, 0) is 42.7 Å². The smallest absolute Gasteiger partial charge is 0.259 e. The predicted octanol–water partition coefficient (Wildman–Crippen LogP) is 5.07. The summed E-state index contributed by atoms with van der Waals surface area (Å²) >= 11 is 0. The van der Waals surface area contributed by atoms with Crippen LogP contribution in [0.15, 0.2) is 78.9 Å². The number of para-hydroxylation sites is 2. The van der Waals surface area contributed by atoms with E-state index in [4.69, 9.17) is 4.74 Å². The molecule has 0 bridgehead atoms. The highest BCUT2D eigenvalue weighted by atomic mass is 16.5. The van der Waals surface area contributed by atoms with E-state index in [1.165, 1.54) is 0 Å². The highest BCUT2D eigenvalue weighted by molar-refractivity contribution is 6.12. The lowest BCUT2D eigenvalue weighted by atomic mass is 9.70. The van der Waals surface area contributed by atoms with E-state index in [2.05, 4.69) is 5.32 Å². The van der Waals surface area contributed by atoms with Crippen molar-refractivity contribution in [3.05, 3.63) is 95.6 Å². The summed E-state index contributed by atoms with van der Waals surface area (Å²) in [4.78, 5) is 29.6. The number of fused-ring (bicyclic) bond motifs is 1. The van der Waals surface area contributed by atoms with Crippen LogP contribution >= 0.6 is 0 Å². The Morgan fingerprint density at radius 2 is 1.64 bits per heavy atom. The molecule has 1 atom stereocenters. The molecular formula is C28H28N2O3. The Balaban J connectivity index is 1.57. The van der Waals surface area contributed by atoms with Gasteiger partial charge in [0.15, 0.2) is 0 Å². The molecule has 3 aromatic rings. The van der Waals surface area contributed by atoms with Gasteiger partial charge < -0.3 is 15.0 Å². The van der Waals surface area contributed by atoms with Gasteiger partial charge in [-0.1, -0.05) is 67.4 Å². The van der Waals surface area contributed by atoms with Gasteiger partial charge in [0.25, 0.3) is 5.91 Å². The van der Waals surface area contributed by atoms with Crippen molar-refractivity contribution in [1.82, 2.24) is 5.32 Å². The van der Waals surface area contributed by atoms with E-state index in [0.29, 0.717) is 12.1 Å². The Hall–Kier alpha value is -3.60. The standard InChI is InChI=1S/C28H28N2O3/c1-33-24-16-8-5-11-20(24)19-29-26(31)25-22-14-6-7-15-23(22)27(32)30(21-12-3-2-4-13-21)28(25)17-9-10-18-28/h2-8,11-16,25H,9-10,17-19H2,1H3,(H,29,31). The van der Waals surface area contributed by atoms with Gasteiger partial charge in [0.1, 0.15) is 5.75 Å². The zero-order valence-corrected chi connectivity index (χ0v) is 18.8. The lowest BCUT2D eigenvalue weighted by Crippen LogP contribution is -2.61. The molecule has 1 spiro atoms. The van der Waals surface area contributed by atoms with Gasteiger partial charge in [0.05, 0.1) is 18.6 Å². The van der Waals surface area contributed by atoms with Gasteiger partial charge in [0.2, 0.25) is 5.91 Å². The van der Waals surface area contributed by atoms with Gasteiger partial charge in [-0.25, -0.2) is 0 Å². The van der Waals surface area contributed by atoms with Crippen LogP contribution in [0.4, 0.5) is 5.69 Å². The minimum absolute atomic E-state index is 0.0209. The third kappa shape index (κ3) is 3.58. The number of anilines is 1. The minimum atomic E-state index is -0.572. The van der Waals surface area contributed by atoms with E-state index >= 15 is 0 Å². The number of methoxy groups -OCH3 is 1. The van der Waals surface area contributed by atoms with Crippen LogP contribution in [0, 0.1) is 0 Å². The number of ether oxygens (including phenoxy) is 1. The second-order valence-corrected chi connectivity index (χ2v) is 8.84. The number of hydrogen-bond donors (Lipinski definition) is 1. The van der Waals surface area contributed by atoms with E-state index in [-0.39, 0.29) is 11.8 Å². The zero-order valence-electron chi connectivity index (χ0n) is 18.8. The molecule has 1 unspecified atom stereocenters. The molecule has 168 valence electrons. The topological polar surface area (TPSA) is 58.6 Å². The molecule has 5 nitrogen and oxygen atoms in total.